The number of aryl methyl sites for hydroxylation is 1. The van der Waals surface area contributed by atoms with Gasteiger partial charge in [0.05, 0.1) is 11.7 Å². The second kappa shape index (κ2) is 6.40. The summed E-state index contributed by atoms with van der Waals surface area (Å²) in [4.78, 5) is 11.6. The number of aliphatic hydroxyl groups is 1. The van der Waals surface area contributed by atoms with Crippen LogP contribution in [0.2, 0.25) is 0 Å². The van der Waals surface area contributed by atoms with E-state index in [4.69, 9.17) is 4.74 Å². The zero-order chi connectivity index (χ0) is 12.8. The summed E-state index contributed by atoms with van der Waals surface area (Å²) < 4.78 is 5.06. The van der Waals surface area contributed by atoms with E-state index < -0.39 is 6.10 Å². The summed E-state index contributed by atoms with van der Waals surface area (Å²) in [5, 5.41) is 9.68. The van der Waals surface area contributed by atoms with E-state index >= 15 is 0 Å². The van der Waals surface area contributed by atoms with Crippen molar-refractivity contribution >= 4 is 5.97 Å². The first kappa shape index (κ1) is 13.7. The highest BCUT2D eigenvalue weighted by Crippen LogP contribution is 2.09. The van der Waals surface area contributed by atoms with Crippen LogP contribution in [-0.4, -0.2) is 23.8 Å². The molecule has 0 radical (unpaired) electrons. The predicted molar refractivity (Wildman–Crippen MR) is 66.9 cm³/mol. The van der Waals surface area contributed by atoms with Gasteiger partial charge < -0.3 is 9.84 Å². The molecule has 17 heavy (non-hydrogen) atoms. The highest BCUT2D eigenvalue weighted by molar-refractivity contribution is 5.89. The fourth-order valence-corrected chi connectivity index (χ4v) is 1.37. The maximum absolute atomic E-state index is 11.6. The molecule has 0 aliphatic rings. The van der Waals surface area contributed by atoms with Gasteiger partial charge in [-0.25, -0.2) is 4.79 Å². The third kappa shape index (κ3) is 4.19. The molecular formula is C14H20O3. The lowest BCUT2D eigenvalue weighted by Crippen LogP contribution is -2.25. The Morgan fingerprint density at radius 1 is 1.35 bits per heavy atom. The molecule has 0 heterocycles. The van der Waals surface area contributed by atoms with Crippen molar-refractivity contribution in [3.8, 4) is 0 Å². The molecule has 3 nitrogen and oxygen atoms in total. The number of hydrogen-bond acceptors (Lipinski definition) is 3. The molecule has 1 aromatic carbocycles. The average molecular weight is 236 g/mol. The van der Waals surface area contributed by atoms with Gasteiger partial charge in [0.2, 0.25) is 0 Å². The van der Waals surface area contributed by atoms with Crippen molar-refractivity contribution in [2.45, 2.75) is 33.3 Å². The van der Waals surface area contributed by atoms with E-state index in [-0.39, 0.29) is 18.5 Å². The van der Waals surface area contributed by atoms with E-state index in [0.717, 1.165) is 12.0 Å². The second-order valence-corrected chi connectivity index (χ2v) is 4.42. The molecule has 2 atom stereocenters. The molecule has 1 N–H and O–H groups in total. The minimum atomic E-state index is -0.589. The van der Waals surface area contributed by atoms with Crippen molar-refractivity contribution in [3.05, 3.63) is 35.4 Å². The number of ether oxygens (including phenoxy) is 1. The van der Waals surface area contributed by atoms with Gasteiger partial charge in [-0.2, -0.15) is 0 Å². The number of rotatable bonds is 5. The van der Waals surface area contributed by atoms with Crippen LogP contribution in [0.3, 0.4) is 0 Å². The molecule has 2 unspecified atom stereocenters. The molecule has 0 fully saturated rings. The molecule has 0 saturated heterocycles. The van der Waals surface area contributed by atoms with E-state index in [0.29, 0.717) is 5.56 Å². The Bertz CT molecular complexity index is 356. The standard InChI is InChI=1S/C14H20O3/c1-4-11(3)13(15)9-17-14(16)12-7-5-10(2)6-8-12/h5-8,11,13,15H,4,9H2,1-3H3. The molecule has 3 heteroatoms. The molecular weight excluding hydrogens is 216 g/mol. The van der Waals surface area contributed by atoms with Gasteiger partial charge in [-0.15, -0.1) is 0 Å². The number of carbonyl (C=O) groups is 1. The lowest BCUT2D eigenvalue weighted by atomic mass is 10.0. The summed E-state index contributed by atoms with van der Waals surface area (Å²) in [5.74, 6) is -0.242. The summed E-state index contributed by atoms with van der Waals surface area (Å²) in [5.41, 5.74) is 1.62. The molecule has 0 aromatic heterocycles. The van der Waals surface area contributed by atoms with Crippen LogP contribution in [-0.2, 0) is 4.74 Å². The lowest BCUT2D eigenvalue weighted by molar-refractivity contribution is 0.0105. The molecule has 0 saturated carbocycles. The van der Waals surface area contributed by atoms with Gasteiger partial charge in [0.1, 0.15) is 6.61 Å². The fourth-order valence-electron chi connectivity index (χ4n) is 1.37. The first-order valence-electron chi connectivity index (χ1n) is 5.96. The van der Waals surface area contributed by atoms with Crippen molar-refractivity contribution in [1.29, 1.82) is 0 Å². The Hall–Kier alpha value is -1.35. The van der Waals surface area contributed by atoms with Gasteiger partial charge in [-0.1, -0.05) is 38.0 Å². The summed E-state index contributed by atoms with van der Waals surface area (Å²) in [7, 11) is 0. The van der Waals surface area contributed by atoms with Crippen molar-refractivity contribution in [2.75, 3.05) is 6.61 Å². The molecule has 0 spiro atoms. The Balaban J connectivity index is 2.47. The Morgan fingerprint density at radius 3 is 2.47 bits per heavy atom. The molecule has 1 aromatic rings. The van der Waals surface area contributed by atoms with Crippen molar-refractivity contribution in [1.82, 2.24) is 0 Å². The van der Waals surface area contributed by atoms with Crippen LogP contribution in [0.5, 0.6) is 0 Å². The van der Waals surface area contributed by atoms with Gasteiger partial charge in [0, 0.05) is 0 Å². The maximum Gasteiger partial charge on any atom is 0.338 e. The van der Waals surface area contributed by atoms with Crippen molar-refractivity contribution in [3.63, 3.8) is 0 Å². The second-order valence-electron chi connectivity index (χ2n) is 4.42. The third-order valence-corrected chi connectivity index (χ3v) is 2.97. The highest BCUT2D eigenvalue weighted by atomic mass is 16.5. The molecule has 94 valence electrons. The Kier molecular flexibility index (Phi) is 5.16. The number of aliphatic hydroxyl groups excluding tert-OH is 1. The number of carbonyl (C=O) groups excluding carboxylic acids is 1. The van der Waals surface area contributed by atoms with Crippen LogP contribution < -0.4 is 0 Å². The number of hydrogen-bond donors (Lipinski definition) is 1. The van der Waals surface area contributed by atoms with Gasteiger partial charge in [-0.3, -0.25) is 0 Å². The SMILES string of the molecule is CCC(C)C(O)COC(=O)c1ccc(C)cc1. The Labute approximate surface area is 102 Å². The van der Waals surface area contributed by atoms with Gasteiger partial charge in [-0.05, 0) is 25.0 Å². The van der Waals surface area contributed by atoms with Gasteiger partial charge in [0.25, 0.3) is 0 Å². The zero-order valence-electron chi connectivity index (χ0n) is 10.6. The van der Waals surface area contributed by atoms with Crippen LogP contribution >= 0.6 is 0 Å². The number of esters is 1. The fraction of sp³-hybridized carbons (Fsp3) is 0.500. The molecule has 0 bridgehead atoms. The topological polar surface area (TPSA) is 46.5 Å². The summed E-state index contributed by atoms with van der Waals surface area (Å²) in [6.07, 6.45) is 0.276. The molecule has 0 amide bonds. The van der Waals surface area contributed by atoms with E-state index in [1.54, 1.807) is 12.1 Å². The number of benzene rings is 1. The van der Waals surface area contributed by atoms with E-state index in [9.17, 15) is 9.90 Å². The van der Waals surface area contributed by atoms with Crippen LogP contribution in [0.4, 0.5) is 0 Å². The third-order valence-electron chi connectivity index (χ3n) is 2.97. The monoisotopic (exact) mass is 236 g/mol. The zero-order valence-corrected chi connectivity index (χ0v) is 10.6. The van der Waals surface area contributed by atoms with E-state index in [1.807, 2.05) is 32.9 Å². The van der Waals surface area contributed by atoms with E-state index in [1.165, 1.54) is 0 Å². The van der Waals surface area contributed by atoms with Crippen molar-refractivity contribution in [2.24, 2.45) is 5.92 Å². The maximum atomic E-state index is 11.6. The highest BCUT2D eigenvalue weighted by Gasteiger charge is 2.15. The summed E-state index contributed by atoms with van der Waals surface area (Å²) in [6.45, 7) is 5.95. The quantitative estimate of drug-likeness (QED) is 0.799. The minimum Gasteiger partial charge on any atom is -0.459 e. The molecule has 1 rings (SSSR count). The molecule has 0 aliphatic carbocycles. The first-order valence-corrected chi connectivity index (χ1v) is 5.96. The van der Waals surface area contributed by atoms with Crippen LogP contribution in [0.1, 0.15) is 36.2 Å². The first-order chi connectivity index (χ1) is 8.04. The lowest BCUT2D eigenvalue weighted by Gasteiger charge is -2.16. The molecule has 0 aliphatic heterocycles. The minimum absolute atomic E-state index is 0.0573. The summed E-state index contributed by atoms with van der Waals surface area (Å²) in [6, 6.07) is 7.18. The summed E-state index contributed by atoms with van der Waals surface area (Å²) >= 11 is 0. The van der Waals surface area contributed by atoms with Crippen molar-refractivity contribution < 1.29 is 14.6 Å². The van der Waals surface area contributed by atoms with Gasteiger partial charge in [0.15, 0.2) is 0 Å². The average Bonchev–Trinajstić information content (AvgIpc) is 2.35. The largest absolute Gasteiger partial charge is 0.459 e. The smallest absolute Gasteiger partial charge is 0.338 e. The van der Waals surface area contributed by atoms with Crippen LogP contribution in [0.25, 0.3) is 0 Å². The normalized spacial score (nSPS) is 14.1. The van der Waals surface area contributed by atoms with Crippen LogP contribution in [0, 0.1) is 12.8 Å². The van der Waals surface area contributed by atoms with Gasteiger partial charge >= 0.3 is 5.97 Å². The predicted octanol–water partition coefficient (Wildman–Crippen LogP) is 2.56. The van der Waals surface area contributed by atoms with Crippen LogP contribution in [0.15, 0.2) is 24.3 Å². The van der Waals surface area contributed by atoms with E-state index in [2.05, 4.69) is 0 Å². The Morgan fingerprint density at radius 2 is 1.94 bits per heavy atom.